The monoisotopic (exact) mass is 473 g/mol. The highest BCUT2D eigenvalue weighted by molar-refractivity contribution is 5.96. The number of benzene rings is 2. The van der Waals surface area contributed by atoms with Crippen LogP contribution in [0.25, 0.3) is 10.9 Å². The number of rotatable bonds is 9. The maximum Gasteiger partial charge on any atom is 0.263 e. The van der Waals surface area contributed by atoms with E-state index in [1.54, 1.807) is 32.3 Å². The Hall–Kier alpha value is -4.24. The summed E-state index contributed by atoms with van der Waals surface area (Å²) in [4.78, 5) is 27.0. The minimum absolute atomic E-state index is 0.115. The second-order valence-corrected chi connectivity index (χ2v) is 7.99. The van der Waals surface area contributed by atoms with Crippen molar-refractivity contribution in [1.82, 2.24) is 19.9 Å². The number of hydrogen-bond donors (Lipinski definition) is 2. The van der Waals surface area contributed by atoms with Crippen molar-refractivity contribution in [2.24, 2.45) is 0 Å². The van der Waals surface area contributed by atoms with E-state index in [1.165, 1.54) is 11.2 Å². The Morgan fingerprint density at radius 1 is 1.09 bits per heavy atom. The van der Waals surface area contributed by atoms with Crippen LogP contribution < -0.4 is 14.8 Å². The van der Waals surface area contributed by atoms with E-state index in [-0.39, 0.29) is 19.1 Å². The molecule has 35 heavy (non-hydrogen) atoms. The van der Waals surface area contributed by atoms with Gasteiger partial charge in [-0.05, 0) is 55.8 Å². The molecule has 2 aromatic heterocycles. The van der Waals surface area contributed by atoms with Crippen LogP contribution in [0.5, 0.6) is 17.4 Å². The number of ether oxygens (including phenoxy) is 2. The molecular formula is C26H27N5O4. The van der Waals surface area contributed by atoms with Gasteiger partial charge in [-0.25, -0.2) is 15.0 Å². The van der Waals surface area contributed by atoms with Crippen molar-refractivity contribution in [2.45, 2.75) is 20.0 Å². The number of anilines is 2. The van der Waals surface area contributed by atoms with Crippen LogP contribution in [0.4, 0.5) is 11.5 Å². The molecule has 0 saturated heterocycles. The first-order valence-electron chi connectivity index (χ1n) is 11.2. The van der Waals surface area contributed by atoms with Gasteiger partial charge in [0.2, 0.25) is 5.88 Å². The van der Waals surface area contributed by atoms with Crippen LogP contribution in [-0.2, 0) is 4.79 Å². The van der Waals surface area contributed by atoms with Crippen molar-refractivity contribution in [3.05, 3.63) is 72.7 Å². The average Bonchev–Trinajstić information content (AvgIpc) is 2.86. The molecule has 0 fully saturated rings. The number of aliphatic hydroxyl groups excluding tert-OH is 1. The maximum absolute atomic E-state index is 12.6. The van der Waals surface area contributed by atoms with Crippen LogP contribution in [0.3, 0.4) is 0 Å². The molecule has 0 bridgehead atoms. The number of amides is 1. The fourth-order valence-electron chi connectivity index (χ4n) is 3.58. The Bertz CT molecular complexity index is 1310. The van der Waals surface area contributed by atoms with E-state index in [2.05, 4.69) is 20.3 Å². The predicted molar refractivity (Wildman–Crippen MR) is 133 cm³/mol. The number of nitrogens with one attached hydrogen (secondary N) is 1. The lowest BCUT2D eigenvalue weighted by atomic mass is 10.1. The number of carbonyl (C=O) groups is 1. The standard InChI is InChI=1S/C26H27N5O4/c1-17-15-19(10-11-21(17)35-23-9-4-5-12-27-23)30-25-24-20(28-16-29-25)7-6-8-22(24)34-18(2)26(33)31(3)13-14-32/h4-12,15-16,18,32H,13-14H2,1-3H3,(H,28,29,30)/t18-/m1/s1. The van der Waals surface area contributed by atoms with Crippen molar-refractivity contribution in [1.29, 1.82) is 0 Å². The van der Waals surface area contributed by atoms with E-state index in [9.17, 15) is 4.79 Å². The Balaban J connectivity index is 1.59. The molecule has 0 aliphatic heterocycles. The predicted octanol–water partition coefficient (Wildman–Crippen LogP) is 4.09. The number of hydrogen-bond acceptors (Lipinski definition) is 8. The van der Waals surface area contributed by atoms with Crippen molar-refractivity contribution in [2.75, 3.05) is 25.5 Å². The SMILES string of the molecule is Cc1cc(Nc2ncnc3cccc(O[C@H](C)C(=O)N(C)CCO)c23)ccc1Oc1ccccn1. The van der Waals surface area contributed by atoms with E-state index in [0.717, 1.165) is 11.3 Å². The van der Waals surface area contributed by atoms with Gasteiger partial charge in [-0.2, -0.15) is 0 Å². The average molecular weight is 474 g/mol. The molecule has 2 N–H and O–H groups in total. The molecule has 1 atom stereocenters. The molecule has 2 aromatic carbocycles. The summed E-state index contributed by atoms with van der Waals surface area (Å²) < 4.78 is 11.9. The van der Waals surface area contributed by atoms with E-state index < -0.39 is 6.10 Å². The molecule has 0 radical (unpaired) electrons. The number of aliphatic hydroxyl groups is 1. The molecule has 0 aliphatic rings. The molecule has 4 aromatic rings. The van der Waals surface area contributed by atoms with E-state index in [0.29, 0.717) is 34.1 Å². The molecule has 9 heteroatoms. The molecule has 0 aliphatic carbocycles. The molecule has 1 amide bonds. The highest BCUT2D eigenvalue weighted by atomic mass is 16.5. The van der Waals surface area contributed by atoms with Gasteiger partial charge in [-0.15, -0.1) is 0 Å². The number of likely N-dealkylation sites (N-methyl/N-ethyl adjacent to an activating group) is 1. The highest BCUT2D eigenvalue weighted by Crippen LogP contribution is 2.33. The van der Waals surface area contributed by atoms with Crippen LogP contribution in [-0.4, -0.2) is 57.2 Å². The van der Waals surface area contributed by atoms with E-state index >= 15 is 0 Å². The molecule has 0 spiro atoms. The Kier molecular flexibility index (Phi) is 7.37. The lowest BCUT2D eigenvalue weighted by Gasteiger charge is -2.22. The van der Waals surface area contributed by atoms with Gasteiger partial charge in [0.1, 0.15) is 23.6 Å². The third kappa shape index (κ3) is 5.64. The first-order chi connectivity index (χ1) is 17.0. The summed E-state index contributed by atoms with van der Waals surface area (Å²) in [5.74, 6) is 2.02. The first kappa shape index (κ1) is 23.9. The molecule has 0 saturated carbocycles. The third-order valence-corrected chi connectivity index (χ3v) is 5.38. The van der Waals surface area contributed by atoms with Gasteiger partial charge in [0.25, 0.3) is 5.91 Å². The fourth-order valence-corrected chi connectivity index (χ4v) is 3.58. The lowest BCUT2D eigenvalue weighted by molar-refractivity contribution is -0.136. The third-order valence-electron chi connectivity index (χ3n) is 5.38. The number of pyridine rings is 1. The van der Waals surface area contributed by atoms with Crippen molar-refractivity contribution < 1.29 is 19.4 Å². The summed E-state index contributed by atoms with van der Waals surface area (Å²) in [6.07, 6.45) is 2.40. The van der Waals surface area contributed by atoms with Crippen LogP contribution in [0.15, 0.2) is 67.1 Å². The fraction of sp³-hybridized carbons (Fsp3) is 0.231. The summed E-state index contributed by atoms with van der Waals surface area (Å²) in [7, 11) is 1.63. The molecule has 0 unspecified atom stereocenters. The van der Waals surface area contributed by atoms with Crippen molar-refractivity contribution in [3.63, 3.8) is 0 Å². The number of aryl methyl sites for hydroxylation is 1. The highest BCUT2D eigenvalue weighted by Gasteiger charge is 2.21. The Labute approximate surface area is 203 Å². The van der Waals surface area contributed by atoms with Crippen molar-refractivity contribution in [3.8, 4) is 17.4 Å². The first-order valence-corrected chi connectivity index (χ1v) is 11.2. The van der Waals surface area contributed by atoms with Gasteiger partial charge in [0.05, 0.1) is 17.5 Å². The minimum atomic E-state index is -0.754. The lowest BCUT2D eigenvalue weighted by Crippen LogP contribution is -2.39. The smallest absolute Gasteiger partial charge is 0.263 e. The second-order valence-electron chi connectivity index (χ2n) is 7.99. The van der Waals surface area contributed by atoms with Crippen LogP contribution in [0.2, 0.25) is 0 Å². The van der Waals surface area contributed by atoms with Gasteiger partial charge >= 0.3 is 0 Å². The zero-order valence-corrected chi connectivity index (χ0v) is 19.8. The molecule has 9 nitrogen and oxygen atoms in total. The number of aromatic nitrogens is 3. The van der Waals surface area contributed by atoms with Crippen LogP contribution in [0.1, 0.15) is 12.5 Å². The second kappa shape index (κ2) is 10.8. The Morgan fingerprint density at radius 3 is 2.69 bits per heavy atom. The summed E-state index contributed by atoms with van der Waals surface area (Å²) in [5.41, 5.74) is 2.40. The Morgan fingerprint density at radius 2 is 1.94 bits per heavy atom. The number of fused-ring (bicyclic) bond motifs is 1. The summed E-state index contributed by atoms with van der Waals surface area (Å²) in [6.45, 7) is 3.75. The van der Waals surface area contributed by atoms with Crippen molar-refractivity contribution >= 4 is 28.3 Å². The maximum atomic E-state index is 12.6. The van der Waals surface area contributed by atoms with Crippen LogP contribution in [0, 0.1) is 6.92 Å². The van der Waals surface area contributed by atoms with Gasteiger partial charge in [0, 0.05) is 31.5 Å². The molecular weight excluding hydrogens is 446 g/mol. The topological polar surface area (TPSA) is 110 Å². The molecule has 2 heterocycles. The quantitative estimate of drug-likeness (QED) is 0.374. The zero-order chi connectivity index (χ0) is 24.8. The van der Waals surface area contributed by atoms with E-state index in [1.807, 2.05) is 49.4 Å². The minimum Gasteiger partial charge on any atom is -0.480 e. The van der Waals surface area contributed by atoms with Gasteiger partial charge in [0.15, 0.2) is 6.10 Å². The van der Waals surface area contributed by atoms with Crippen LogP contribution >= 0.6 is 0 Å². The number of carbonyl (C=O) groups excluding carboxylic acids is 1. The van der Waals surface area contributed by atoms with E-state index in [4.69, 9.17) is 14.6 Å². The normalized spacial score (nSPS) is 11.7. The van der Waals surface area contributed by atoms with Gasteiger partial charge in [-0.3, -0.25) is 4.79 Å². The summed E-state index contributed by atoms with van der Waals surface area (Å²) >= 11 is 0. The zero-order valence-electron chi connectivity index (χ0n) is 19.8. The molecule has 4 rings (SSSR count). The van der Waals surface area contributed by atoms with Gasteiger partial charge in [-0.1, -0.05) is 12.1 Å². The largest absolute Gasteiger partial charge is 0.480 e. The van der Waals surface area contributed by atoms with Gasteiger partial charge < -0.3 is 24.8 Å². The summed E-state index contributed by atoms with van der Waals surface area (Å²) in [5, 5.41) is 13.1. The molecule has 180 valence electrons. The number of nitrogens with zero attached hydrogens (tertiary/aromatic N) is 4. The summed E-state index contributed by atoms with van der Waals surface area (Å²) in [6, 6.07) is 16.7.